The average Bonchev–Trinajstić information content (AvgIpc) is 2.60. The minimum Gasteiger partial charge on any atom is -0.483 e. The number of likely N-dealkylation sites (N-methyl/N-ethyl adjacent to an activating group) is 1. The monoisotopic (exact) mass is 354 g/mol. The van der Waals surface area contributed by atoms with Crippen LogP contribution < -0.4 is 19.7 Å². The molecule has 1 N–H and O–H groups in total. The van der Waals surface area contributed by atoms with E-state index in [2.05, 4.69) is 5.32 Å². The highest BCUT2D eigenvalue weighted by atomic mass is 16.5. The summed E-state index contributed by atoms with van der Waals surface area (Å²) in [6, 6.07) is 11.0. The third kappa shape index (κ3) is 3.49. The fraction of sp³-hybridized carbons (Fsp3) is 0.300. The van der Waals surface area contributed by atoms with Gasteiger partial charge < -0.3 is 19.7 Å². The first kappa shape index (κ1) is 17.8. The molecular weight excluding hydrogens is 332 g/mol. The molecule has 0 aromatic heterocycles. The smallest absolute Gasteiger partial charge is 0.267 e. The first-order valence-electron chi connectivity index (χ1n) is 8.44. The van der Waals surface area contributed by atoms with E-state index in [1.54, 1.807) is 32.2 Å². The van der Waals surface area contributed by atoms with Crippen molar-refractivity contribution in [2.45, 2.75) is 26.9 Å². The lowest BCUT2D eigenvalue weighted by Gasteiger charge is -2.30. The second kappa shape index (κ2) is 7.07. The number of nitrogens with one attached hydrogen (secondary N) is 1. The van der Waals surface area contributed by atoms with Crippen molar-refractivity contribution in [3.8, 4) is 11.5 Å². The number of carbonyl (C=O) groups is 2. The van der Waals surface area contributed by atoms with E-state index >= 15 is 0 Å². The molecule has 26 heavy (non-hydrogen) atoms. The zero-order valence-corrected chi connectivity index (χ0v) is 15.3. The number of hydrogen-bond acceptors (Lipinski definition) is 4. The van der Waals surface area contributed by atoms with Crippen LogP contribution in [0.1, 0.15) is 18.1 Å². The van der Waals surface area contributed by atoms with Crippen molar-refractivity contribution in [2.24, 2.45) is 0 Å². The normalized spacial score (nSPS) is 15.9. The molecule has 0 bridgehead atoms. The van der Waals surface area contributed by atoms with Crippen molar-refractivity contribution in [2.75, 3.05) is 23.9 Å². The van der Waals surface area contributed by atoms with Crippen molar-refractivity contribution in [1.82, 2.24) is 0 Å². The quantitative estimate of drug-likeness (QED) is 0.916. The number of anilines is 2. The molecule has 0 saturated carbocycles. The molecule has 6 heteroatoms. The van der Waals surface area contributed by atoms with Gasteiger partial charge >= 0.3 is 0 Å². The topological polar surface area (TPSA) is 67.9 Å². The molecule has 2 amide bonds. The first-order chi connectivity index (χ1) is 12.4. The van der Waals surface area contributed by atoms with Gasteiger partial charge in [0.1, 0.15) is 11.5 Å². The fourth-order valence-corrected chi connectivity index (χ4v) is 2.95. The molecule has 136 valence electrons. The van der Waals surface area contributed by atoms with Gasteiger partial charge in [0.25, 0.3) is 11.8 Å². The van der Waals surface area contributed by atoms with Crippen LogP contribution in [0.15, 0.2) is 36.4 Å². The number of carbonyl (C=O) groups excluding carboxylic acids is 2. The molecular formula is C20H22N2O4. The van der Waals surface area contributed by atoms with Crippen LogP contribution in [-0.4, -0.2) is 31.6 Å². The van der Waals surface area contributed by atoms with E-state index in [0.717, 1.165) is 16.9 Å². The van der Waals surface area contributed by atoms with Gasteiger partial charge in [0.2, 0.25) is 0 Å². The van der Waals surface area contributed by atoms with E-state index in [-0.39, 0.29) is 18.4 Å². The average molecular weight is 354 g/mol. The van der Waals surface area contributed by atoms with Gasteiger partial charge in [0, 0.05) is 12.7 Å². The Morgan fingerprint density at radius 2 is 1.92 bits per heavy atom. The number of para-hydroxylation sites is 1. The van der Waals surface area contributed by atoms with Crippen LogP contribution in [0.25, 0.3) is 0 Å². The maximum absolute atomic E-state index is 12.2. The van der Waals surface area contributed by atoms with Gasteiger partial charge in [-0.05, 0) is 50.1 Å². The van der Waals surface area contributed by atoms with Crippen LogP contribution >= 0.6 is 0 Å². The summed E-state index contributed by atoms with van der Waals surface area (Å²) in [7, 11) is 1.69. The summed E-state index contributed by atoms with van der Waals surface area (Å²) in [5.74, 6) is 0.941. The maximum Gasteiger partial charge on any atom is 0.267 e. The number of ether oxygens (including phenoxy) is 2. The molecule has 2 aromatic rings. The Morgan fingerprint density at radius 1 is 1.23 bits per heavy atom. The molecule has 1 aliphatic heterocycles. The first-order valence-corrected chi connectivity index (χ1v) is 8.44. The Morgan fingerprint density at radius 3 is 2.62 bits per heavy atom. The predicted molar refractivity (Wildman–Crippen MR) is 100.0 cm³/mol. The van der Waals surface area contributed by atoms with Gasteiger partial charge in [-0.15, -0.1) is 0 Å². The van der Waals surface area contributed by atoms with Gasteiger partial charge in [0.15, 0.2) is 12.7 Å². The molecule has 1 aliphatic rings. The largest absolute Gasteiger partial charge is 0.483 e. The highest BCUT2D eigenvalue weighted by Crippen LogP contribution is 2.35. The lowest BCUT2D eigenvalue weighted by molar-refractivity contribution is -0.125. The molecule has 0 fully saturated rings. The van der Waals surface area contributed by atoms with E-state index in [1.165, 1.54) is 4.90 Å². The molecule has 0 aliphatic carbocycles. The highest BCUT2D eigenvalue weighted by Gasteiger charge is 2.29. The molecule has 6 nitrogen and oxygen atoms in total. The second-order valence-corrected chi connectivity index (χ2v) is 6.40. The fourth-order valence-electron chi connectivity index (χ4n) is 2.95. The Bertz CT molecular complexity index is 843. The van der Waals surface area contributed by atoms with Crippen LogP contribution in [0.4, 0.5) is 11.4 Å². The number of nitrogens with zero attached hydrogens (tertiary/aromatic N) is 1. The van der Waals surface area contributed by atoms with E-state index < -0.39 is 6.10 Å². The van der Waals surface area contributed by atoms with Crippen LogP contribution in [0.5, 0.6) is 11.5 Å². The summed E-state index contributed by atoms with van der Waals surface area (Å²) in [5.41, 5.74) is 3.18. The minimum atomic E-state index is -0.515. The van der Waals surface area contributed by atoms with Crippen LogP contribution in [-0.2, 0) is 9.59 Å². The Balaban J connectivity index is 1.68. The van der Waals surface area contributed by atoms with Gasteiger partial charge in [-0.2, -0.15) is 0 Å². The Kier molecular flexibility index (Phi) is 4.84. The van der Waals surface area contributed by atoms with Gasteiger partial charge in [-0.3, -0.25) is 9.59 Å². The molecule has 1 heterocycles. The lowest BCUT2D eigenvalue weighted by Crippen LogP contribution is -2.42. The zero-order valence-electron chi connectivity index (χ0n) is 15.3. The molecule has 0 spiro atoms. The minimum absolute atomic E-state index is 0.0922. The second-order valence-electron chi connectivity index (χ2n) is 6.40. The summed E-state index contributed by atoms with van der Waals surface area (Å²) in [6.45, 7) is 5.50. The zero-order chi connectivity index (χ0) is 18.8. The van der Waals surface area contributed by atoms with Crippen molar-refractivity contribution >= 4 is 23.2 Å². The summed E-state index contributed by atoms with van der Waals surface area (Å²) in [5, 5.41) is 2.79. The molecule has 1 atom stereocenters. The molecule has 2 aromatic carbocycles. The molecule has 3 rings (SSSR count). The van der Waals surface area contributed by atoms with E-state index in [4.69, 9.17) is 9.47 Å². The van der Waals surface area contributed by atoms with Crippen LogP contribution in [0.2, 0.25) is 0 Å². The van der Waals surface area contributed by atoms with Gasteiger partial charge in [0.05, 0.1) is 5.69 Å². The number of benzene rings is 2. The summed E-state index contributed by atoms with van der Waals surface area (Å²) in [4.78, 5) is 25.8. The van der Waals surface area contributed by atoms with Crippen molar-refractivity contribution in [3.05, 3.63) is 47.5 Å². The van der Waals surface area contributed by atoms with E-state index in [0.29, 0.717) is 17.1 Å². The van der Waals surface area contributed by atoms with Crippen molar-refractivity contribution < 1.29 is 19.1 Å². The Hall–Kier alpha value is -3.02. The maximum atomic E-state index is 12.2. The molecule has 0 saturated heterocycles. The SMILES string of the molecule is Cc1cccc(C)c1OCC(=O)Nc1ccc2c(c1)N(C)C(=O)[C@@H](C)O2. The Labute approximate surface area is 152 Å². The number of fused-ring (bicyclic) bond motifs is 1. The van der Waals surface area contributed by atoms with Gasteiger partial charge in [-0.25, -0.2) is 0 Å². The standard InChI is InChI=1S/C20H22N2O4/c1-12-6-5-7-13(2)19(12)25-11-18(23)21-15-8-9-17-16(10-15)22(4)20(24)14(3)26-17/h5-10,14H,11H2,1-4H3,(H,21,23)/t14-/m1/s1. The van der Waals surface area contributed by atoms with E-state index in [9.17, 15) is 9.59 Å². The summed E-state index contributed by atoms with van der Waals surface area (Å²) in [6.07, 6.45) is -0.515. The highest BCUT2D eigenvalue weighted by molar-refractivity contribution is 6.00. The van der Waals surface area contributed by atoms with Crippen molar-refractivity contribution in [1.29, 1.82) is 0 Å². The molecule has 0 unspecified atom stereocenters. The van der Waals surface area contributed by atoms with Crippen LogP contribution in [0, 0.1) is 13.8 Å². The van der Waals surface area contributed by atoms with Gasteiger partial charge in [-0.1, -0.05) is 18.2 Å². The van der Waals surface area contributed by atoms with Crippen molar-refractivity contribution in [3.63, 3.8) is 0 Å². The summed E-state index contributed by atoms with van der Waals surface area (Å²) < 4.78 is 11.2. The number of hydrogen-bond donors (Lipinski definition) is 1. The predicted octanol–water partition coefficient (Wildman–Crippen LogP) is 3.06. The van der Waals surface area contributed by atoms with Crippen LogP contribution in [0.3, 0.4) is 0 Å². The summed E-state index contributed by atoms with van der Waals surface area (Å²) >= 11 is 0. The number of rotatable bonds is 4. The molecule has 0 radical (unpaired) electrons. The lowest BCUT2D eigenvalue weighted by atomic mass is 10.1. The third-order valence-electron chi connectivity index (χ3n) is 4.34. The number of aryl methyl sites for hydroxylation is 2. The number of amides is 2. The van der Waals surface area contributed by atoms with E-state index in [1.807, 2.05) is 32.0 Å². The third-order valence-corrected chi connectivity index (χ3v) is 4.34.